The van der Waals surface area contributed by atoms with Gasteiger partial charge in [-0.15, -0.1) is 0 Å². The summed E-state index contributed by atoms with van der Waals surface area (Å²) in [6, 6.07) is 25.7. The normalized spacial score (nSPS) is 16.0. The Morgan fingerprint density at radius 3 is 2.29 bits per heavy atom. The molecule has 2 aliphatic rings. The molecule has 8 nitrogen and oxygen atoms in total. The summed E-state index contributed by atoms with van der Waals surface area (Å²) in [4.78, 5) is 28.6. The quantitative estimate of drug-likeness (QED) is 0.261. The summed E-state index contributed by atoms with van der Waals surface area (Å²) in [6.45, 7) is 1.34. The van der Waals surface area contributed by atoms with Gasteiger partial charge < -0.3 is 10.1 Å². The fourth-order valence-corrected chi connectivity index (χ4v) is 6.26. The first-order valence-electron chi connectivity index (χ1n) is 13.9. The molecule has 0 radical (unpaired) electrons. The Bertz CT molecular complexity index is 1450. The molecule has 9 heteroatoms. The highest BCUT2D eigenvalue weighted by Gasteiger charge is 2.31. The van der Waals surface area contributed by atoms with E-state index in [2.05, 4.69) is 39.7 Å². The van der Waals surface area contributed by atoms with E-state index in [0.717, 1.165) is 29.5 Å². The second-order valence-electron chi connectivity index (χ2n) is 10.6. The molecule has 1 aromatic heterocycles. The summed E-state index contributed by atoms with van der Waals surface area (Å²) >= 11 is 6.26. The monoisotopic (exact) mass is 568 g/mol. The first-order valence-corrected chi connectivity index (χ1v) is 14.3. The molecule has 2 heterocycles. The van der Waals surface area contributed by atoms with Gasteiger partial charge in [0.2, 0.25) is 5.82 Å². The van der Waals surface area contributed by atoms with E-state index >= 15 is 0 Å². The molecule has 1 aliphatic heterocycles. The lowest BCUT2D eigenvalue weighted by molar-refractivity contribution is -0.171. The van der Waals surface area contributed by atoms with Crippen LogP contribution in [0, 0.1) is 11.1 Å². The summed E-state index contributed by atoms with van der Waals surface area (Å²) in [7, 11) is 0. The van der Waals surface area contributed by atoms with Gasteiger partial charge in [-0.25, -0.2) is 15.4 Å². The summed E-state index contributed by atoms with van der Waals surface area (Å²) < 4.78 is 0. The number of nitrogens with one attached hydrogen (secondary N) is 1. The Labute approximate surface area is 244 Å². The van der Waals surface area contributed by atoms with Crippen LogP contribution in [0.3, 0.4) is 0 Å². The van der Waals surface area contributed by atoms with E-state index in [9.17, 15) is 10.0 Å². The second kappa shape index (κ2) is 12.5. The molecule has 1 amide bonds. The molecule has 1 fully saturated rings. The van der Waals surface area contributed by atoms with Crippen LogP contribution in [0.5, 0.6) is 0 Å². The van der Waals surface area contributed by atoms with Gasteiger partial charge in [0, 0.05) is 42.5 Å². The molecule has 3 aromatic carbocycles. The number of likely N-dealkylation sites (tertiary alicyclic amines) is 1. The van der Waals surface area contributed by atoms with Crippen molar-refractivity contribution < 1.29 is 9.63 Å². The van der Waals surface area contributed by atoms with Crippen molar-refractivity contribution in [1.29, 1.82) is 0 Å². The van der Waals surface area contributed by atoms with Crippen LogP contribution in [0.2, 0.25) is 5.02 Å². The minimum absolute atomic E-state index is 0.0264. The van der Waals surface area contributed by atoms with Gasteiger partial charge in [0.1, 0.15) is 0 Å². The standard InChI is InChI=1S/C32H31ClN5O3/c33-24-8-5-7-22(19-24)20-30(23-13-17-37(18-14-23)32(39)31-34-15-6-16-35-31)36-38(40)41-21-29-27-11-3-1-9-25(27)26-10-2-4-12-28(26)29/h1-12,15-16,19,23,29-30,36H,13-14,17-18,20-21H2/q-1. The van der Waals surface area contributed by atoms with Crippen LogP contribution < -0.4 is 5.43 Å². The van der Waals surface area contributed by atoms with Crippen molar-refractivity contribution >= 4 is 17.5 Å². The highest BCUT2D eigenvalue weighted by molar-refractivity contribution is 6.30. The third-order valence-electron chi connectivity index (χ3n) is 8.09. The fourth-order valence-electron chi connectivity index (χ4n) is 6.05. The number of piperidine rings is 1. The van der Waals surface area contributed by atoms with Gasteiger partial charge in [0.25, 0.3) is 5.91 Å². The van der Waals surface area contributed by atoms with Gasteiger partial charge in [-0.05, 0) is 71.2 Å². The van der Waals surface area contributed by atoms with Crippen LogP contribution >= 0.6 is 11.6 Å². The number of hydrogen-bond donors (Lipinski definition) is 1. The van der Waals surface area contributed by atoms with E-state index in [-0.39, 0.29) is 36.2 Å². The molecule has 210 valence electrons. The number of aromatic nitrogens is 2. The molecular weight excluding hydrogens is 538 g/mol. The van der Waals surface area contributed by atoms with Crippen molar-refractivity contribution in [2.24, 2.45) is 5.92 Å². The Kier molecular flexibility index (Phi) is 8.36. The minimum Gasteiger partial charge on any atom is -0.748 e. The van der Waals surface area contributed by atoms with E-state index < -0.39 is 0 Å². The van der Waals surface area contributed by atoms with Gasteiger partial charge in [-0.3, -0.25) is 9.63 Å². The first-order chi connectivity index (χ1) is 20.1. The average molecular weight is 569 g/mol. The van der Waals surface area contributed by atoms with Crippen LogP contribution in [0.4, 0.5) is 0 Å². The molecule has 6 rings (SSSR count). The topological polar surface area (TPSA) is 93.7 Å². The average Bonchev–Trinajstić information content (AvgIpc) is 3.33. The summed E-state index contributed by atoms with van der Waals surface area (Å²) in [5.41, 5.74) is 8.81. The molecule has 0 spiro atoms. The SMILES string of the molecule is O=C(c1ncccn1)N1CCC(C(Cc2cccc(Cl)c2)NN([O-])OCC2c3ccccc3-c3ccccc32)CC1. The largest absolute Gasteiger partial charge is 0.748 e. The third-order valence-corrected chi connectivity index (χ3v) is 8.32. The number of fused-ring (bicyclic) bond motifs is 3. The van der Waals surface area contributed by atoms with Gasteiger partial charge in [-0.2, -0.15) is 5.34 Å². The Morgan fingerprint density at radius 2 is 1.63 bits per heavy atom. The van der Waals surface area contributed by atoms with E-state index in [1.807, 2.05) is 48.5 Å². The molecule has 1 atom stereocenters. The smallest absolute Gasteiger partial charge is 0.291 e. The fraction of sp³-hybridized carbons (Fsp3) is 0.281. The zero-order valence-corrected chi connectivity index (χ0v) is 23.3. The van der Waals surface area contributed by atoms with E-state index in [1.165, 1.54) is 11.1 Å². The Hall–Kier alpha value is -3.66. The zero-order valence-electron chi connectivity index (χ0n) is 22.5. The lowest BCUT2D eigenvalue weighted by Crippen LogP contribution is -2.50. The lowest BCUT2D eigenvalue weighted by Gasteiger charge is -2.40. The molecule has 0 bridgehead atoms. The van der Waals surface area contributed by atoms with Crippen molar-refractivity contribution in [1.82, 2.24) is 25.6 Å². The van der Waals surface area contributed by atoms with Crippen LogP contribution in [0.15, 0.2) is 91.3 Å². The molecule has 4 aromatic rings. The number of carbonyl (C=O) groups excluding carboxylic acids is 1. The van der Waals surface area contributed by atoms with Crippen LogP contribution in [0.25, 0.3) is 11.1 Å². The van der Waals surface area contributed by atoms with E-state index in [0.29, 0.717) is 29.9 Å². The van der Waals surface area contributed by atoms with Crippen molar-refractivity contribution in [2.75, 3.05) is 19.7 Å². The van der Waals surface area contributed by atoms with Gasteiger partial charge in [-0.1, -0.05) is 72.3 Å². The third kappa shape index (κ3) is 6.17. The molecule has 1 unspecified atom stereocenters. The first kappa shape index (κ1) is 27.5. The second-order valence-corrected chi connectivity index (χ2v) is 11.0. The number of hydrazine groups is 1. The summed E-state index contributed by atoms with van der Waals surface area (Å²) in [5, 5.41) is 14.3. The highest BCUT2D eigenvalue weighted by atomic mass is 35.5. The van der Waals surface area contributed by atoms with Crippen LogP contribution in [-0.4, -0.2) is 51.8 Å². The molecule has 1 saturated heterocycles. The molecular formula is C32H31ClN5O3-. The predicted molar refractivity (Wildman–Crippen MR) is 158 cm³/mol. The van der Waals surface area contributed by atoms with Gasteiger partial charge >= 0.3 is 0 Å². The number of halogens is 1. The maximum atomic E-state index is 13.2. The lowest BCUT2D eigenvalue weighted by atomic mass is 9.86. The summed E-state index contributed by atoms with van der Waals surface area (Å²) in [5.74, 6) is 0.146. The van der Waals surface area contributed by atoms with Crippen LogP contribution in [-0.2, 0) is 11.3 Å². The number of nitrogens with zero attached hydrogens (tertiary/aromatic N) is 4. The zero-order chi connectivity index (χ0) is 28.2. The molecule has 41 heavy (non-hydrogen) atoms. The maximum absolute atomic E-state index is 13.2. The Balaban J connectivity index is 1.13. The minimum atomic E-state index is -0.209. The maximum Gasteiger partial charge on any atom is 0.291 e. The van der Waals surface area contributed by atoms with Gasteiger partial charge in [0.15, 0.2) is 0 Å². The number of hydrogen-bond acceptors (Lipinski definition) is 7. The van der Waals surface area contributed by atoms with E-state index in [4.69, 9.17) is 16.4 Å². The van der Waals surface area contributed by atoms with E-state index in [1.54, 1.807) is 23.4 Å². The summed E-state index contributed by atoms with van der Waals surface area (Å²) in [6.07, 6.45) is 5.20. The highest BCUT2D eigenvalue weighted by Crippen LogP contribution is 2.44. The number of carbonyl (C=O) groups is 1. The molecule has 1 aliphatic carbocycles. The van der Waals surface area contributed by atoms with Crippen molar-refractivity contribution in [3.05, 3.63) is 124 Å². The molecule has 1 N–H and O–H groups in total. The number of amides is 1. The van der Waals surface area contributed by atoms with Crippen molar-refractivity contribution in [2.45, 2.75) is 31.2 Å². The number of rotatable bonds is 9. The number of benzene rings is 3. The Morgan fingerprint density at radius 1 is 0.976 bits per heavy atom. The molecule has 0 saturated carbocycles. The van der Waals surface area contributed by atoms with Crippen LogP contribution in [0.1, 0.15) is 46.1 Å². The predicted octanol–water partition coefficient (Wildman–Crippen LogP) is 5.64. The van der Waals surface area contributed by atoms with Crippen molar-refractivity contribution in [3.8, 4) is 11.1 Å². The van der Waals surface area contributed by atoms with Gasteiger partial charge in [0.05, 0.1) is 6.61 Å². The van der Waals surface area contributed by atoms with Crippen molar-refractivity contribution in [3.63, 3.8) is 0 Å².